The molecule has 0 radical (unpaired) electrons. The molecule has 0 unspecified atom stereocenters. The van der Waals surface area contributed by atoms with Crippen molar-refractivity contribution in [3.8, 4) is 16.9 Å². The lowest BCUT2D eigenvalue weighted by Gasteiger charge is -2.10. The first kappa shape index (κ1) is 19.3. The number of hydrogen-bond acceptors (Lipinski definition) is 3. The highest BCUT2D eigenvalue weighted by molar-refractivity contribution is 9.10. The second kappa shape index (κ2) is 7.44. The minimum atomic E-state index is -0.980. The van der Waals surface area contributed by atoms with Gasteiger partial charge in [0.15, 0.2) is 0 Å². The van der Waals surface area contributed by atoms with Crippen LogP contribution >= 0.6 is 15.9 Å². The summed E-state index contributed by atoms with van der Waals surface area (Å²) in [5.74, 6) is -0.513. The molecule has 146 valence electrons. The number of nitrogens with zero attached hydrogens (tertiary/aromatic N) is 3. The first-order valence-electron chi connectivity index (χ1n) is 9.34. The van der Waals surface area contributed by atoms with Crippen molar-refractivity contribution < 1.29 is 9.90 Å². The van der Waals surface area contributed by atoms with Crippen LogP contribution in [0.25, 0.3) is 27.8 Å². The molecule has 0 saturated carbocycles. The van der Waals surface area contributed by atoms with E-state index >= 15 is 0 Å². The molecule has 2 aromatic heterocycles. The van der Waals surface area contributed by atoms with Crippen molar-refractivity contribution in [2.75, 3.05) is 0 Å². The van der Waals surface area contributed by atoms with Crippen LogP contribution in [0.4, 0.5) is 0 Å². The molecule has 2 heterocycles. The van der Waals surface area contributed by atoms with Gasteiger partial charge < -0.3 is 5.11 Å². The van der Waals surface area contributed by atoms with Gasteiger partial charge >= 0.3 is 5.97 Å². The lowest BCUT2D eigenvalue weighted by molar-refractivity contribution is 0.0699. The third-order valence-corrected chi connectivity index (χ3v) is 5.58. The molecule has 0 amide bonds. The molecule has 29 heavy (non-hydrogen) atoms. The molecule has 0 aliphatic heterocycles. The zero-order chi connectivity index (χ0) is 20.7. The predicted octanol–water partition coefficient (Wildman–Crippen LogP) is 5.98. The maximum Gasteiger partial charge on any atom is 0.336 e. The molecule has 0 bridgehead atoms. The van der Waals surface area contributed by atoms with Crippen LogP contribution in [0, 0.1) is 6.92 Å². The Bertz CT molecular complexity index is 1230. The van der Waals surface area contributed by atoms with Crippen molar-refractivity contribution >= 4 is 32.8 Å². The summed E-state index contributed by atoms with van der Waals surface area (Å²) in [5, 5.41) is 14.8. The standard InChI is InChI=1S/C23H20BrN3O2/c1-13(2)15-4-7-17(8-5-15)27-14(3)20(12-25-27)22-11-19(23(28)29)18-10-16(24)6-9-21(18)26-22/h4-13H,1-3H3,(H,28,29). The lowest BCUT2D eigenvalue weighted by Crippen LogP contribution is -2.02. The zero-order valence-corrected chi connectivity index (χ0v) is 17.9. The van der Waals surface area contributed by atoms with Gasteiger partial charge in [0.1, 0.15) is 0 Å². The molecule has 6 heteroatoms. The Morgan fingerprint density at radius 2 is 1.83 bits per heavy atom. The van der Waals surface area contributed by atoms with Gasteiger partial charge in [0.2, 0.25) is 0 Å². The van der Waals surface area contributed by atoms with Crippen molar-refractivity contribution in [3.05, 3.63) is 76.0 Å². The fourth-order valence-corrected chi connectivity index (χ4v) is 3.80. The zero-order valence-electron chi connectivity index (χ0n) is 16.3. The van der Waals surface area contributed by atoms with Gasteiger partial charge in [0.05, 0.1) is 34.4 Å². The summed E-state index contributed by atoms with van der Waals surface area (Å²) in [7, 11) is 0. The summed E-state index contributed by atoms with van der Waals surface area (Å²) in [6.07, 6.45) is 1.74. The van der Waals surface area contributed by atoms with E-state index in [2.05, 4.69) is 47.0 Å². The van der Waals surface area contributed by atoms with E-state index in [1.807, 2.05) is 35.9 Å². The number of halogens is 1. The van der Waals surface area contributed by atoms with Gasteiger partial charge in [-0.15, -0.1) is 0 Å². The van der Waals surface area contributed by atoms with E-state index in [9.17, 15) is 9.90 Å². The number of aromatic nitrogens is 3. The highest BCUT2D eigenvalue weighted by atomic mass is 79.9. The fraction of sp³-hybridized carbons (Fsp3) is 0.174. The Labute approximate surface area is 177 Å². The van der Waals surface area contributed by atoms with Gasteiger partial charge in [-0.1, -0.05) is 41.9 Å². The van der Waals surface area contributed by atoms with E-state index in [-0.39, 0.29) is 5.56 Å². The van der Waals surface area contributed by atoms with Crippen LogP contribution in [0.15, 0.2) is 59.2 Å². The largest absolute Gasteiger partial charge is 0.478 e. The molecule has 0 aliphatic carbocycles. The van der Waals surface area contributed by atoms with Gasteiger partial charge in [-0.25, -0.2) is 14.5 Å². The molecule has 0 fully saturated rings. The summed E-state index contributed by atoms with van der Waals surface area (Å²) >= 11 is 3.40. The predicted molar refractivity (Wildman–Crippen MR) is 118 cm³/mol. The van der Waals surface area contributed by atoms with E-state index in [4.69, 9.17) is 4.98 Å². The normalized spacial score (nSPS) is 11.3. The smallest absolute Gasteiger partial charge is 0.336 e. The first-order valence-corrected chi connectivity index (χ1v) is 10.1. The van der Waals surface area contributed by atoms with Crippen molar-refractivity contribution in [2.45, 2.75) is 26.7 Å². The van der Waals surface area contributed by atoms with Crippen LogP contribution in [0.5, 0.6) is 0 Å². The van der Waals surface area contributed by atoms with E-state index in [0.29, 0.717) is 22.5 Å². The van der Waals surface area contributed by atoms with Gasteiger partial charge in [-0.05, 0) is 54.8 Å². The van der Waals surface area contributed by atoms with E-state index in [0.717, 1.165) is 21.4 Å². The molecule has 0 saturated heterocycles. The minimum absolute atomic E-state index is 0.222. The number of pyridine rings is 1. The van der Waals surface area contributed by atoms with Crippen LogP contribution in [0.3, 0.4) is 0 Å². The SMILES string of the molecule is Cc1c(-c2cc(C(=O)O)c3cc(Br)ccc3n2)cnn1-c1ccc(C(C)C)cc1. The number of carboxylic acid groups (broad SMARTS) is 1. The molecule has 2 aromatic carbocycles. The number of aromatic carboxylic acids is 1. The van der Waals surface area contributed by atoms with Gasteiger partial charge in [0.25, 0.3) is 0 Å². The summed E-state index contributed by atoms with van der Waals surface area (Å²) in [4.78, 5) is 16.5. The van der Waals surface area contributed by atoms with Gasteiger partial charge in [0, 0.05) is 15.4 Å². The quantitative estimate of drug-likeness (QED) is 0.415. The summed E-state index contributed by atoms with van der Waals surface area (Å²) in [6, 6.07) is 15.4. The topological polar surface area (TPSA) is 68.0 Å². The highest BCUT2D eigenvalue weighted by Gasteiger charge is 2.17. The molecule has 0 spiro atoms. The maximum atomic E-state index is 11.8. The third kappa shape index (κ3) is 3.56. The third-order valence-electron chi connectivity index (χ3n) is 5.09. The summed E-state index contributed by atoms with van der Waals surface area (Å²) in [5.41, 5.74) is 5.40. The first-order chi connectivity index (χ1) is 13.8. The number of fused-ring (bicyclic) bond motifs is 1. The average Bonchev–Trinajstić information content (AvgIpc) is 3.08. The second-order valence-electron chi connectivity index (χ2n) is 7.32. The monoisotopic (exact) mass is 449 g/mol. The van der Waals surface area contributed by atoms with E-state index in [1.165, 1.54) is 5.56 Å². The Balaban J connectivity index is 1.83. The maximum absolute atomic E-state index is 11.8. The molecule has 0 aliphatic rings. The van der Waals surface area contributed by atoms with E-state index < -0.39 is 5.97 Å². The van der Waals surface area contributed by atoms with Crippen LogP contribution in [0.2, 0.25) is 0 Å². The van der Waals surface area contributed by atoms with Crippen molar-refractivity contribution in [1.82, 2.24) is 14.8 Å². The van der Waals surface area contributed by atoms with Crippen molar-refractivity contribution in [1.29, 1.82) is 0 Å². The molecular formula is C23H20BrN3O2. The number of rotatable bonds is 4. The second-order valence-corrected chi connectivity index (χ2v) is 8.24. The number of benzene rings is 2. The van der Waals surface area contributed by atoms with E-state index in [1.54, 1.807) is 18.3 Å². The molecule has 0 atom stereocenters. The Hall–Kier alpha value is -2.99. The molecule has 4 aromatic rings. The summed E-state index contributed by atoms with van der Waals surface area (Å²) < 4.78 is 2.67. The molecule has 1 N–H and O–H groups in total. The van der Waals surface area contributed by atoms with Crippen molar-refractivity contribution in [2.24, 2.45) is 0 Å². The number of carbonyl (C=O) groups is 1. The summed E-state index contributed by atoms with van der Waals surface area (Å²) in [6.45, 7) is 6.29. The molecule has 4 rings (SSSR count). The Morgan fingerprint density at radius 3 is 2.48 bits per heavy atom. The number of carboxylic acids is 1. The van der Waals surface area contributed by atoms with Crippen LogP contribution < -0.4 is 0 Å². The molecular weight excluding hydrogens is 430 g/mol. The number of hydrogen-bond donors (Lipinski definition) is 1. The van der Waals surface area contributed by atoms with Crippen LogP contribution in [0.1, 0.15) is 41.4 Å². The highest BCUT2D eigenvalue weighted by Crippen LogP contribution is 2.30. The van der Waals surface area contributed by atoms with Crippen LogP contribution in [-0.2, 0) is 0 Å². The average molecular weight is 450 g/mol. The Kier molecular flexibility index (Phi) is 4.96. The Morgan fingerprint density at radius 1 is 1.10 bits per heavy atom. The van der Waals surface area contributed by atoms with Gasteiger partial charge in [-0.2, -0.15) is 5.10 Å². The minimum Gasteiger partial charge on any atom is -0.478 e. The lowest BCUT2D eigenvalue weighted by atomic mass is 10.0. The van der Waals surface area contributed by atoms with Crippen LogP contribution in [-0.4, -0.2) is 25.8 Å². The fourth-order valence-electron chi connectivity index (χ4n) is 3.43. The van der Waals surface area contributed by atoms with Crippen molar-refractivity contribution in [3.63, 3.8) is 0 Å². The molecule has 5 nitrogen and oxygen atoms in total. The van der Waals surface area contributed by atoms with Gasteiger partial charge in [-0.3, -0.25) is 0 Å².